The summed E-state index contributed by atoms with van der Waals surface area (Å²) in [6.45, 7) is 6.60. The molecular weight excluding hydrogens is 408 g/mol. The van der Waals surface area contributed by atoms with Crippen molar-refractivity contribution in [3.63, 3.8) is 0 Å². The quantitative estimate of drug-likeness (QED) is 0.460. The van der Waals surface area contributed by atoms with Gasteiger partial charge in [0.05, 0.1) is 11.9 Å². The summed E-state index contributed by atoms with van der Waals surface area (Å²) in [7, 11) is 0. The van der Waals surface area contributed by atoms with Crippen molar-refractivity contribution in [2.75, 3.05) is 36.0 Å². The number of aryl methyl sites for hydroxylation is 1. The minimum atomic E-state index is 0.141. The Balaban J connectivity index is 1.42. The number of nitrogens with two attached hydrogens (primary N) is 1. The number of hydrogen-bond acceptors (Lipinski definition) is 6. The molecule has 1 aliphatic carbocycles. The fourth-order valence-corrected chi connectivity index (χ4v) is 5.92. The molecule has 33 heavy (non-hydrogen) atoms. The van der Waals surface area contributed by atoms with E-state index in [4.69, 9.17) is 15.7 Å². The Labute approximate surface area is 202 Å². The lowest BCUT2D eigenvalue weighted by atomic mass is 10.0. The number of rotatable bonds is 11. The number of hydrogen-bond donors (Lipinski definition) is 2. The average Bonchev–Trinajstić information content (AvgIpc) is 3.14. The predicted octanol–water partition coefficient (Wildman–Crippen LogP) is 4.94. The largest absolute Gasteiger partial charge is 0.356 e. The Morgan fingerprint density at radius 1 is 0.848 bits per heavy atom. The molecule has 0 aromatic carbocycles. The summed E-state index contributed by atoms with van der Waals surface area (Å²) >= 11 is 0. The Morgan fingerprint density at radius 3 is 2.39 bits per heavy atom. The molecule has 0 spiro atoms. The first-order chi connectivity index (χ1) is 16.3. The second kappa shape index (κ2) is 12.9. The SMILES string of the molecule is CCCCCCCCCNC1C(N)CCCN1c1nc2c(c(N3CCCCCC3)n1)CCC2. The van der Waals surface area contributed by atoms with Crippen LogP contribution in [0.1, 0.15) is 108 Å². The van der Waals surface area contributed by atoms with E-state index in [1.807, 2.05) is 0 Å². The van der Waals surface area contributed by atoms with Crippen molar-refractivity contribution in [1.82, 2.24) is 15.3 Å². The topological polar surface area (TPSA) is 70.3 Å². The van der Waals surface area contributed by atoms with Gasteiger partial charge in [0.25, 0.3) is 0 Å². The van der Waals surface area contributed by atoms with Crippen molar-refractivity contribution in [2.24, 2.45) is 5.73 Å². The zero-order valence-corrected chi connectivity index (χ0v) is 21.2. The molecule has 2 fully saturated rings. The zero-order valence-electron chi connectivity index (χ0n) is 21.2. The maximum atomic E-state index is 6.65. The maximum Gasteiger partial charge on any atom is 0.228 e. The molecule has 186 valence electrons. The third kappa shape index (κ3) is 6.60. The number of fused-ring (bicyclic) bond motifs is 1. The molecule has 6 heteroatoms. The molecule has 1 aromatic rings. The van der Waals surface area contributed by atoms with Crippen LogP contribution in [-0.4, -0.2) is 48.4 Å². The van der Waals surface area contributed by atoms with Crippen molar-refractivity contribution in [3.05, 3.63) is 11.3 Å². The van der Waals surface area contributed by atoms with Crippen LogP contribution in [0.2, 0.25) is 0 Å². The Kier molecular flexibility index (Phi) is 9.66. The Bertz CT molecular complexity index is 715. The number of piperidine rings is 1. The first-order valence-electron chi connectivity index (χ1n) is 14.2. The van der Waals surface area contributed by atoms with Crippen LogP contribution in [0.4, 0.5) is 11.8 Å². The van der Waals surface area contributed by atoms with Crippen LogP contribution in [0.15, 0.2) is 0 Å². The van der Waals surface area contributed by atoms with Crippen LogP contribution in [0.3, 0.4) is 0 Å². The van der Waals surface area contributed by atoms with E-state index in [1.165, 1.54) is 94.1 Å². The molecule has 2 atom stereocenters. The van der Waals surface area contributed by atoms with Crippen molar-refractivity contribution < 1.29 is 0 Å². The second-order valence-electron chi connectivity index (χ2n) is 10.5. The van der Waals surface area contributed by atoms with Gasteiger partial charge in [-0.2, -0.15) is 4.98 Å². The predicted molar refractivity (Wildman–Crippen MR) is 139 cm³/mol. The molecule has 4 rings (SSSR count). The average molecular weight is 457 g/mol. The Hall–Kier alpha value is -1.40. The molecule has 1 aromatic heterocycles. The lowest BCUT2D eigenvalue weighted by molar-refractivity contribution is 0.339. The van der Waals surface area contributed by atoms with Gasteiger partial charge in [0.15, 0.2) is 0 Å². The van der Waals surface area contributed by atoms with Gasteiger partial charge in [-0.25, -0.2) is 4.98 Å². The minimum absolute atomic E-state index is 0.141. The normalized spacial score (nSPS) is 23.6. The summed E-state index contributed by atoms with van der Waals surface area (Å²) in [5, 5.41) is 3.81. The molecule has 0 amide bonds. The molecule has 0 saturated carbocycles. The van der Waals surface area contributed by atoms with Gasteiger partial charge in [-0.05, 0) is 57.9 Å². The van der Waals surface area contributed by atoms with Crippen LogP contribution >= 0.6 is 0 Å². The van der Waals surface area contributed by atoms with Crippen LogP contribution in [0, 0.1) is 0 Å². The number of anilines is 2. The van der Waals surface area contributed by atoms with Gasteiger partial charge >= 0.3 is 0 Å². The van der Waals surface area contributed by atoms with Crippen LogP contribution < -0.4 is 20.9 Å². The third-order valence-corrected chi connectivity index (χ3v) is 7.87. The van der Waals surface area contributed by atoms with Gasteiger partial charge in [0, 0.05) is 31.2 Å². The van der Waals surface area contributed by atoms with Gasteiger partial charge < -0.3 is 15.5 Å². The highest BCUT2D eigenvalue weighted by Gasteiger charge is 2.32. The van der Waals surface area contributed by atoms with E-state index in [9.17, 15) is 0 Å². The summed E-state index contributed by atoms with van der Waals surface area (Å²) in [6, 6.07) is 0.141. The second-order valence-corrected chi connectivity index (χ2v) is 10.5. The number of unbranched alkanes of at least 4 members (excludes halogenated alkanes) is 6. The highest BCUT2D eigenvalue weighted by atomic mass is 15.4. The highest BCUT2D eigenvalue weighted by Crippen LogP contribution is 2.33. The van der Waals surface area contributed by atoms with E-state index < -0.39 is 0 Å². The summed E-state index contributed by atoms with van der Waals surface area (Å²) < 4.78 is 0. The highest BCUT2D eigenvalue weighted by molar-refractivity contribution is 5.55. The number of aromatic nitrogens is 2. The molecule has 2 unspecified atom stereocenters. The van der Waals surface area contributed by atoms with Crippen molar-refractivity contribution in [3.8, 4) is 0 Å². The van der Waals surface area contributed by atoms with E-state index in [1.54, 1.807) is 0 Å². The molecule has 3 aliphatic rings. The molecule has 3 N–H and O–H groups in total. The van der Waals surface area contributed by atoms with E-state index in [-0.39, 0.29) is 12.2 Å². The fraction of sp³-hybridized carbons (Fsp3) is 0.852. The Morgan fingerprint density at radius 2 is 1.61 bits per heavy atom. The smallest absolute Gasteiger partial charge is 0.228 e. The van der Waals surface area contributed by atoms with Gasteiger partial charge in [0.1, 0.15) is 5.82 Å². The summed E-state index contributed by atoms with van der Waals surface area (Å²) in [5.74, 6) is 2.15. The fourth-order valence-electron chi connectivity index (χ4n) is 5.92. The number of nitrogens with one attached hydrogen (secondary N) is 1. The van der Waals surface area contributed by atoms with Gasteiger partial charge in [-0.3, -0.25) is 5.32 Å². The third-order valence-electron chi connectivity index (χ3n) is 7.87. The molecule has 6 nitrogen and oxygen atoms in total. The van der Waals surface area contributed by atoms with Gasteiger partial charge in [0.2, 0.25) is 5.95 Å². The van der Waals surface area contributed by atoms with Gasteiger partial charge in [-0.1, -0.05) is 58.3 Å². The van der Waals surface area contributed by atoms with E-state index in [0.717, 1.165) is 57.8 Å². The van der Waals surface area contributed by atoms with E-state index >= 15 is 0 Å². The van der Waals surface area contributed by atoms with E-state index in [2.05, 4.69) is 22.0 Å². The van der Waals surface area contributed by atoms with Crippen LogP contribution in [-0.2, 0) is 12.8 Å². The minimum Gasteiger partial charge on any atom is -0.356 e. The number of nitrogens with zero attached hydrogens (tertiary/aromatic N) is 4. The van der Waals surface area contributed by atoms with E-state index in [0.29, 0.717) is 0 Å². The molecule has 2 aliphatic heterocycles. The lowest BCUT2D eigenvalue weighted by Gasteiger charge is -2.41. The summed E-state index contributed by atoms with van der Waals surface area (Å²) in [6.07, 6.45) is 20.4. The monoisotopic (exact) mass is 456 g/mol. The summed E-state index contributed by atoms with van der Waals surface area (Å²) in [4.78, 5) is 15.3. The van der Waals surface area contributed by atoms with Crippen molar-refractivity contribution >= 4 is 11.8 Å². The molecule has 0 radical (unpaired) electrons. The molecule has 3 heterocycles. The molecule has 2 saturated heterocycles. The van der Waals surface area contributed by atoms with Crippen LogP contribution in [0.25, 0.3) is 0 Å². The first kappa shape index (κ1) is 24.7. The molecular formula is C27H48N6. The maximum absolute atomic E-state index is 6.65. The van der Waals surface area contributed by atoms with Crippen LogP contribution in [0.5, 0.6) is 0 Å². The van der Waals surface area contributed by atoms with Gasteiger partial charge in [-0.15, -0.1) is 0 Å². The first-order valence-corrected chi connectivity index (χ1v) is 14.2. The summed E-state index contributed by atoms with van der Waals surface area (Å²) in [5.41, 5.74) is 9.37. The standard InChI is InChI=1S/C27H48N6/c1-2-3-4-5-6-7-10-18-29-26-23(28)16-14-21-33(26)27-30-24-17-13-15-22(24)25(31-27)32-19-11-8-9-12-20-32/h23,26,29H,2-21,28H2,1H3. The lowest BCUT2D eigenvalue weighted by Crippen LogP contribution is -2.60. The van der Waals surface area contributed by atoms with Crippen molar-refractivity contribution in [1.29, 1.82) is 0 Å². The zero-order chi connectivity index (χ0) is 22.9. The van der Waals surface area contributed by atoms with Crippen molar-refractivity contribution in [2.45, 2.75) is 122 Å². The molecule has 0 bridgehead atoms.